The zero-order valence-corrected chi connectivity index (χ0v) is 20.7. The zero-order chi connectivity index (χ0) is 25.1. The lowest BCUT2D eigenvalue weighted by Crippen LogP contribution is -2.32. The molecule has 5 rings (SSSR count). The third-order valence-corrected chi connectivity index (χ3v) is 6.06. The quantitative estimate of drug-likeness (QED) is 0.198. The Morgan fingerprint density at radius 1 is 1.03 bits per heavy atom. The highest BCUT2D eigenvalue weighted by atomic mass is 35.5. The van der Waals surface area contributed by atoms with Gasteiger partial charge in [0.1, 0.15) is 11.3 Å². The Kier molecular flexibility index (Phi) is 6.66. The van der Waals surface area contributed by atoms with Gasteiger partial charge in [0.15, 0.2) is 10.7 Å². The molecule has 5 aromatic rings. The van der Waals surface area contributed by atoms with Crippen LogP contribution in [0.15, 0.2) is 89.4 Å². The molecular formula is C28H20ClN3O3S. The fraction of sp³-hybridized carbons (Fsp3) is 0.0357. The summed E-state index contributed by atoms with van der Waals surface area (Å²) in [4.78, 5) is 16.9. The number of hydrogen-bond donors (Lipinski definition) is 2. The Bertz CT molecular complexity index is 1630. The van der Waals surface area contributed by atoms with Gasteiger partial charge in [0, 0.05) is 27.7 Å². The van der Waals surface area contributed by atoms with Gasteiger partial charge in [0.2, 0.25) is 11.8 Å². The molecule has 178 valence electrons. The van der Waals surface area contributed by atoms with Crippen LogP contribution in [0.25, 0.3) is 39.4 Å². The van der Waals surface area contributed by atoms with E-state index in [2.05, 4.69) is 15.6 Å². The number of benzene rings is 4. The van der Waals surface area contributed by atoms with Crippen molar-refractivity contribution in [1.29, 1.82) is 0 Å². The first-order valence-electron chi connectivity index (χ1n) is 11.0. The van der Waals surface area contributed by atoms with Crippen molar-refractivity contribution in [1.82, 2.24) is 10.3 Å². The third-order valence-electron chi connectivity index (χ3n) is 5.52. The molecule has 0 atom stereocenters. The van der Waals surface area contributed by atoms with Gasteiger partial charge in [0.25, 0.3) is 0 Å². The molecule has 0 saturated carbocycles. The maximum Gasteiger partial charge on any atom is 0.250 e. The minimum atomic E-state index is -0.345. The molecule has 0 unspecified atom stereocenters. The first-order chi connectivity index (χ1) is 17.5. The number of carbonyl (C=O) groups excluding carboxylic acids is 1. The second-order valence-electron chi connectivity index (χ2n) is 7.89. The van der Waals surface area contributed by atoms with E-state index in [1.807, 2.05) is 72.8 Å². The summed E-state index contributed by atoms with van der Waals surface area (Å²) in [7, 11) is 1.60. The van der Waals surface area contributed by atoms with Gasteiger partial charge in [0.05, 0.1) is 7.11 Å². The normalized spacial score (nSPS) is 11.2. The second kappa shape index (κ2) is 10.2. The highest BCUT2D eigenvalue weighted by molar-refractivity contribution is 7.80. The van der Waals surface area contributed by atoms with Crippen molar-refractivity contribution in [2.45, 2.75) is 0 Å². The van der Waals surface area contributed by atoms with Crippen LogP contribution in [-0.2, 0) is 4.79 Å². The number of aromatic nitrogens is 1. The zero-order valence-electron chi connectivity index (χ0n) is 19.1. The maximum atomic E-state index is 12.3. The number of carbonyl (C=O) groups is 1. The minimum Gasteiger partial charge on any atom is -0.497 e. The Balaban J connectivity index is 1.29. The number of hydrogen-bond acceptors (Lipinski definition) is 5. The van der Waals surface area contributed by atoms with Gasteiger partial charge in [-0.3, -0.25) is 10.1 Å². The van der Waals surface area contributed by atoms with E-state index in [0.29, 0.717) is 27.7 Å². The molecule has 0 aliphatic heterocycles. The predicted molar refractivity (Wildman–Crippen MR) is 148 cm³/mol. The first-order valence-corrected chi connectivity index (χ1v) is 11.8. The number of nitrogens with one attached hydrogen (secondary N) is 2. The molecule has 0 fully saturated rings. The van der Waals surface area contributed by atoms with E-state index in [9.17, 15) is 4.79 Å². The monoisotopic (exact) mass is 513 g/mol. The molecule has 36 heavy (non-hydrogen) atoms. The molecule has 0 bridgehead atoms. The first kappa shape index (κ1) is 23.5. The fourth-order valence-corrected chi connectivity index (χ4v) is 4.24. The number of ether oxygens (including phenoxy) is 1. The Hall–Kier alpha value is -4.20. The van der Waals surface area contributed by atoms with Gasteiger partial charge in [-0.2, -0.15) is 0 Å². The van der Waals surface area contributed by atoms with Crippen LogP contribution in [0, 0.1) is 0 Å². The highest BCUT2D eigenvalue weighted by Gasteiger charge is 2.13. The minimum absolute atomic E-state index is 0.172. The van der Waals surface area contributed by atoms with Gasteiger partial charge in [-0.15, -0.1) is 0 Å². The van der Waals surface area contributed by atoms with Crippen molar-refractivity contribution >= 4 is 68.5 Å². The summed E-state index contributed by atoms with van der Waals surface area (Å²) in [5, 5.41) is 8.39. The number of halogens is 1. The number of amides is 1. The molecule has 0 aliphatic rings. The van der Waals surface area contributed by atoms with Gasteiger partial charge < -0.3 is 14.5 Å². The summed E-state index contributed by atoms with van der Waals surface area (Å²) < 4.78 is 11.1. The van der Waals surface area contributed by atoms with Crippen LogP contribution in [0.2, 0.25) is 5.02 Å². The molecule has 0 saturated heterocycles. The molecule has 6 nitrogen and oxygen atoms in total. The second-order valence-corrected chi connectivity index (χ2v) is 8.71. The summed E-state index contributed by atoms with van der Waals surface area (Å²) in [6, 6.07) is 24.4. The van der Waals surface area contributed by atoms with E-state index in [0.717, 1.165) is 27.6 Å². The number of rotatable bonds is 5. The lowest BCUT2D eigenvalue weighted by Gasteiger charge is -2.07. The van der Waals surface area contributed by atoms with E-state index >= 15 is 0 Å². The van der Waals surface area contributed by atoms with Crippen LogP contribution in [-0.4, -0.2) is 23.1 Å². The average molecular weight is 514 g/mol. The van der Waals surface area contributed by atoms with E-state index < -0.39 is 0 Å². The van der Waals surface area contributed by atoms with Crippen LogP contribution >= 0.6 is 23.8 Å². The number of nitrogens with zero attached hydrogens (tertiary/aromatic N) is 1. The third kappa shape index (κ3) is 5.07. The topological polar surface area (TPSA) is 76.4 Å². The largest absolute Gasteiger partial charge is 0.497 e. The molecule has 1 amide bonds. The number of oxazole rings is 1. The standard InChI is InChI=1S/C28H20ClN3O3S/c1-34-19-12-8-17(9-13-19)10-15-26(33)32-28(36)30-18-11-14-25-24(16-18)31-27(35-25)22-6-2-5-21-20(22)4-3-7-23(21)29/h2-16H,1H3,(H2,30,32,33,36)/b15-10+. The van der Waals surface area contributed by atoms with E-state index in [1.165, 1.54) is 6.08 Å². The predicted octanol–water partition coefficient (Wildman–Crippen LogP) is 6.84. The van der Waals surface area contributed by atoms with Crippen molar-refractivity contribution in [2.75, 3.05) is 12.4 Å². The molecule has 2 N–H and O–H groups in total. The van der Waals surface area contributed by atoms with E-state index in [-0.39, 0.29) is 11.0 Å². The number of methoxy groups -OCH3 is 1. The molecule has 0 spiro atoms. The van der Waals surface area contributed by atoms with Crippen molar-refractivity contribution in [3.05, 3.63) is 95.5 Å². The smallest absolute Gasteiger partial charge is 0.250 e. The number of fused-ring (bicyclic) bond motifs is 2. The van der Waals surface area contributed by atoms with Crippen LogP contribution in [0.1, 0.15) is 5.56 Å². The van der Waals surface area contributed by atoms with Crippen molar-refractivity contribution in [3.8, 4) is 17.2 Å². The lowest BCUT2D eigenvalue weighted by molar-refractivity contribution is -0.115. The molecule has 4 aromatic carbocycles. The SMILES string of the molecule is COc1ccc(/C=C/C(=O)NC(=S)Nc2ccc3oc(-c4cccc5c(Cl)cccc45)nc3c2)cc1. The van der Waals surface area contributed by atoms with Gasteiger partial charge in [-0.25, -0.2) is 4.98 Å². The van der Waals surface area contributed by atoms with E-state index in [1.54, 1.807) is 19.3 Å². The fourth-order valence-electron chi connectivity index (χ4n) is 3.78. The summed E-state index contributed by atoms with van der Waals surface area (Å²) >= 11 is 11.6. The molecule has 8 heteroatoms. The number of thiocarbonyl (C=S) groups is 1. The molecule has 1 heterocycles. The molecular weight excluding hydrogens is 494 g/mol. The molecule has 0 aliphatic carbocycles. The van der Waals surface area contributed by atoms with Crippen LogP contribution in [0.5, 0.6) is 5.75 Å². The Morgan fingerprint density at radius 3 is 2.61 bits per heavy atom. The average Bonchev–Trinajstić information content (AvgIpc) is 3.31. The lowest BCUT2D eigenvalue weighted by atomic mass is 10.0. The summed E-state index contributed by atoms with van der Waals surface area (Å²) in [5.41, 5.74) is 3.68. The summed E-state index contributed by atoms with van der Waals surface area (Å²) in [5.74, 6) is 0.900. The highest BCUT2D eigenvalue weighted by Crippen LogP contribution is 2.33. The van der Waals surface area contributed by atoms with Gasteiger partial charge >= 0.3 is 0 Å². The number of anilines is 1. The summed E-state index contributed by atoms with van der Waals surface area (Å²) in [6.45, 7) is 0. The summed E-state index contributed by atoms with van der Waals surface area (Å²) in [6.07, 6.45) is 3.11. The van der Waals surface area contributed by atoms with Crippen LogP contribution < -0.4 is 15.4 Å². The van der Waals surface area contributed by atoms with Crippen molar-refractivity contribution in [2.24, 2.45) is 0 Å². The van der Waals surface area contributed by atoms with Gasteiger partial charge in [-0.1, -0.05) is 48.0 Å². The maximum absolute atomic E-state index is 12.3. The van der Waals surface area contributed by atoms with Crippen LogP contribution in [0.4, 0.5) is 5.69 Å². The van der Waals surface area contributed by atoms with Crippen molar-refractivity contribution < 1.29 is 13.9 Å². The Morgan fingerprint density at radius 2 is 1.81 bits per heavy atom. The Labute approximate surface area is 217 Å². The van der Waals surface area contributed by atoms with Gasteiger partial charge in [-0.05, 0) is 71.7 Å². The molecule has 1 aromatic heterocycles. The van der Waals surface area contributed by atoms with Crippen molar-refractivity contribution in [3.63, 3.8) is 0 Å². The van der Waals surface area contributed by atoms with E-state index in [4.69, 9.17) is 33.0 Å². The molecule has 0 radical (unpaired) electrons. The van der Waals surface area contributed by atoms with Crippen LogP contribution in [0.3, 0.4) is 0 Å².